The van der Waals surface area contributed by atoms with Crippen molar-refractivity contribution in [2.24, 2.45) is 0 Å². The van der Waals surface area contributed by atoms with Crippen LogP contribution in [0.5, 0.6) is 0 Å². The number of rotatable bonds is 4. The molecule has 0 heterocycles. The van der Waals surface area contributed by atoms with Gasteiger partial charge in [-0.2, -0.15) is 0 Å². The Bertz CT molecular complexity index is 407. The summed E-state index contributed by atoms with van der Waals surface area (Å²) in [7, 11) is 0. The second-order valence-electron chi connectivity index (χ2n) is 3.36. The van der Waals surface area contributed by atoms with Gasteiger partial charge in [0, 0.05) is 5.57 Å². The molecule has 0 amide bonds. The molecule has 3 heteroatoms. The molecule has 0 radical (unpaired) electrons. The van der Waals surface area contributed by atoms with Crippen molar-refractivity contribution in [3.05, 3.63) is 53.9 Å². The van der Waals surface area contributed by atoms with Crippen LogP contribution in [0.3, 0.4) is 0 Å². The van der Waals surface area contributed by atoms with Crippen molar-refractivity contribution in [2.75, 3.05) is 6.61 Å². The minimum Gasteiger partial charge on any atom is -0.455 e. The molecule has 0 bridgehead atoms. The van der Waals surface area contributed by atoms with E-state index in [0.29, 0.717) is 0 Å². The van der Waals surface area contributed by atoms with Gasteiger partial charge >= 0.3 is 5.97 Å². The van der Waals surface area contributed by atoms with E-state index in [1.807, 2.05) is 6.07 Å². The van der Waals surface area contributed by atoms with E-state index in [-0.39, 0.29) is 12.2 Å². The average molecular weight is 220 g/mol. The molecule has 0 N–H and O–H groups in total. The highest BCUT2D eigenvalue weighted by atomic mass is 19.1. The fourth-order valence-corrected chi connectivity index (χ4v) is 1.03. The molecule has 0 aliphatic rings. The van der Waals surface area contributed by atoms with Crippen molar-refractivity contribution in [1.82, 2.24) is 0 Å². The molecule has 2 nitrogen and oxygen atoms in total. The number of benzene rings is 1. The highest BCUT2D eigenvalue weighted by molar-refractivity contribution is 5.87. The van der Waals surface area contributed by atoms with Crippen LogP contribution in [-0.2, 0) is 9.53 Å². The van der Waals surface area contributed by atoms with Gasteiger partial charge in [0.2, 0.25) is 0 Å². The Morgan fingerprint density at radius 3 is 2.62 bits per heavy atom. The van der Waals surface area contributed by atoms with Gasteiger partial charge in [-0.05, 0) is 18.6 Å². The summed E-state index contributed by atoms with van der Waals surface area (Å²) in [5.74, 6) is -1.09. The second-order valence-corrected chi connectivity index (χ2v) is 3.36. The molecule has 84 valence electrons. The summed E-state index contributed by atoms with van der Waals surface area (Å²) >= 11 is 0. The number of hydrogen-bond acceptors (Lipinski definition) is 2. The monoisotopic (exact) mass is 220 g/mol. The predicted octanol–water partition coefficient (Wildman–Crippen LogP) is 3.12. The Kier molecular flexibility index (Phi) is 4.45. The van der Waals surface area contributed by atoms with Gasteiger partial charge in [0.05, 0.1) is 0 Å². The van der Waals surface area contributed by atoms with Crippen LogP contribution >= 0.6 is 0 Å². The van der Waals surface area contributed by atoms with Crippen LogP contribution in [0, 0.1) is 0 Å². The molecule has 0 atom stereocenters. The number of carbonyl (C=O) groups excluding carboxylic acids is 1. The zero-order chi connectivity index (χ0) is 12.0. The van der Waals surface area contributed by atoms with Crippen LogP contribution in [-0.4, -0.2) is 12.6 Å². The maximum absolute atomic E-state index is 13.3. The van der Waals surface area contributed by atoms with Crippen LogP contribution < -0.4 is 0 Å². The summed E-state index contributed by atoms with van der Waals surface area (Å²) in [5.41, 5.74) is 0.985. The van der Waals surface area contributed by atoms with E-state index in [0.717, 1.165) is 5.56 Å². The maximum atomic E-state index is 13.3. The Morgan fingerprint density at radius 1 is 1.44 bits per heavy atom. The third kappa shape index (κ3) is 4.09. The number of ether oxygens (including phenoxy) is 1. The van der Waals surface area contributed by atoms with Crippen LogP contribution in [0.4, 0.5) is 4.39 Å². The van der Waals surface area contributed by atoms with Crippen molar-refractivity contribution in [2.45, 2.75) is 6.92 Å². The SMILES string of the molecule is C=C(C)C(=O)OC/C(F)=C/c1ccccc1. The third-order valence-electron chi connectivity index (χ3n) is 1.81. The zero-order valence-electron chi connectivity index (χ0n) is 9.07. The molecule has 1 aromatic carbocycles. The van der Waals surface area contributed by atoms with E-state index in [9.17, 15) is 9.18 Å². The van der Waals surface area contributed by atoms with Crippen molar-refractivity contribution in [3.63, 3.8) is 0 Å². The first-order chi connectivity index (χ1) is 7.59. The van der Waals surface area contributed by atoms with Gasteiger partial charge in [0.25, 0.3) is 0 Å². The summed E-state index contributed by atoms with van der Waals surface area (Å²) < 4.78 is 17.9. The summed E-state index contributed by atoms with van der Waals surface area (Å²) in [5, 5.41) is 0. The Hall–Kier alpha value is -1.90. The summed E-state index contributed by atoms with van der Waals surface area (Å²) in [6.45, 7) is 4.56. The predicted molar refractivity (Wildman–Crippen MR) is 61.3 cm³/mol. The maximum Gasteiger partial charge on any atom is 0.333 e. The quantitative estimate of drug-likeness (QED) is 0.575. The van der Waals surface area contributed by atoms with Crippen LogP contribution in [0.2, 0.25) is 0 Å². The molecule has 1 rings (SSSR count). The lowest BCUT2D eigenvalue weighted by atomic mass is 10.2. The molecular weight excluding hydrogens is 207 g/mol. The molecule has 0 aliphatic carbocycles. The number of hydrogen-bond donors (Lipinski definition) is 0. The average Bonchev–Trinajstić information content (AvgIpc) is 2.27. The lowest BCUT2D eigenvalue weighted by molar-refractivity contribution is -0.138. The first-order valence-electron chi connectivity index (χ1n) is 4.83. The Labute approximate surface area is 94.0 Å². The lowest BCUT2D eigenvalue weighted by Crippen LogP contribution is -2.06. The molecule has 0 fully saturated rings. The topological polar surface area (TPSA) is 26.3 Å². The number of carbonyl (C=O) groups is 1. The summed E-state index contributed by atoms with van der Waals surface area (Å²) in [6.07, 6.45) is 1.33. The molecule has 0 saturated heterocycles. The van der Waals surface area contributed by atoms with Crippen molar-refractivity contribution >= 4 is 12.0 Å². The molecule has 1 aromatic rings. The zero-order valence-corrected chi connectivity index (χ0v) is 9.07. The molecule has 0 saturated carbocycles. The van der Waals surface area contributed by atoms with Gasteiger partial charge < -0.3 is 4.74 Å². The Morgan fingerprint density at radius 2 is 2.06 bits per heavy atom. The highest BCUT2D eigenvalue weighted by Crippen LogP contribution is 2.08. The largest absolute Gasteiger partial charge is 0.455 e. The van der Waals surface area contributed by atoms with Gasteiger partial charge in [0.15, 0.2) is 0 Å². The number of esters is 1. The van der Waals surface area contributed by atoms with E-state index in [1.165, 1.54) is 13.0 Å². The first kappa shape index (κ1) is 12.2. The highest BCUT2D eigenvalue weighted by Gasteiger charge is 2.04. The van der Waals surface area contributed by atoms with Crippen LogP contribution in [0.1, 0.15) is 12.5 Å². The van der Waals surface area contributed by atoms with E-state index in [4.69, 9.17) is 0 Å². The Balaban J connectivity index is 2.53. The normalized spacial score (nSPS) is 11.0. The molecule has 0 aliphatic heterocycles. The molecule has 0 spiro atoms. The molecule has 0 aromatic heterocycles. The molecule has 16 heavy (non-hydrogen) atoms. The summed E-state index contributed by atoms with van der Waals surface area (Å²) in [6, 6.07) is 8.98. The van der Waals surface area contributed by atoms with E-state index < -0.39 is 11.8 Å². The van der Waals surface area contributed by atoms with Gasteiger partial charge in [-0.3, -0.25) is 0 Å². The smallest absolute Gasteiger partial charge is 0.333 e. The first-order valence-corrected chi connectivity index (χ1v) is 4.83. The number of halogens is 1. The molecule has 0 unspecified atom stereocenters. The van der Waals surface area contributed by atoms with Crippen molar-refractivity contribution in [1.29, 1.82) is 0 Å². The standard InChI is InChI=1S/C13H13FO2/c1-10(2)13(15)16-9-12(14)8-11-6-4-3-5-7-11/h3-8H,1,9H2,2H3/b12-8-. The minimum absolute atomic E-state index is 0.257. The van der Waals surface area contributed by atoms with Crippen molar-refractivity contribution < 1.29 is 13.9 Å². The molecular formula is C13H13FO2. The fourth-order valence-electron chi connectivity index (χ4n) is 1.03. The van der Waals surface area contributed by atoms with E-state index >= 15 is 0 Å². The van der Waals surface area contributed by atoms with Gasteiger partial charge in [-0.1, -0.05) is 36.9 Å². The second kappa shape index (κ2) is 5.85. The van der Waals surface area contributed by atoms with Crippen molar-refractivity contribution in [3.8, 4) is 0 Å². The van der Waals surface area contributed by atoms with Gasteiger partial charge in [-0.25, -0.2) is 9.18 Å². The van der Waals surface area contributed by atoms with Crippen LogP contribution in [0.25, 0.3) is 6.08 Å². The third-order valence-corrected chi connectivity index (χ3v) is 1.81. The van der Waals surface area contributed by atoms with Gasteiger partial charge in [0.1, 0.15) is 12.4 Å². The summed E-state index contributed by atoms with van der Waals surface area (Å²) in [4.78, 5) is 11.0. The van der Waals surface area contributed by atoms with Crippen LogP contribution in [0.15, 0.2) is 48.3 Å². The van der Waals surface area contributed by atoms with E-state index in [2.05, 4.69) is 11.3 Å². The van der Waals surface area contributed by atoms with E-state index in [1.54, 1.807) is 24.3 Å². The fraction of sp³-hybridized carbons (Fsp3) is 0.154. The minimum atomic E-state index is -0.586. The lowest BCUT2D eigenvalue weighted by Gasteiger charge is -2.02. The van der Waals surface area contributed by atoms with Gasteiger partial charge in [-0.15, -0.1) is 0 Å².